The van der Waals surface area contributed by atoms with Crippen LogP contribution in [-0.2, 0) is 11.2 Å². The van der Waals surface area contributed by atoms with Gasteiger partial charge >= 0.3 is 0 Å². The number of nitrogens with zero attached hydrogens (tertiary/aromatic N) is 2. The predicted octanol–water partition coefficient (Wildman–Crippen LogP) is 1.33. The number of carbonyl (C=O) groups excluding carboxylic acids is 1. The lowest BCUT2D eigenvalue weighted by Crippen LogP contribution is -2.35. The van der Waals surface area contributed by atoms with Gasteiger partial charge in [0.05, 0.1) is 11.3 Å². The van der Waals surface area contributed by atoms with E-state index >= 15 is 0 Å². The van der Waals surface area contributed by atoms with Crippen LogP contribution < -0.4 is 5.73 Å². The third-order valence-electron chi connectivity index (χ3n) is 3.88. The Labute approximate surface area is 117 Å². The highest BCUT2D eigenvalue weighted by molar-refractivity contribution is 5.79. The summed E-state index contributed by atoms with van der Waals surface area (Å²) < 4.78 is 0. The third-order valence-corrected chi connectivity index (χ3v) is 3.88. The summed E-state index contributed by atoms with van der Waals surface area (Å²) in [5.41, 5.74) is 6.41. The Morgan fingerprint density at radius 3 is 2.90 bits per heavy atom. The van der Waals surface area contributed by atoms with Crippen molar-refractivity contribution in [1.82, 2.24) is 4.90 Å². The van der Waals surface area contributed by atoms with E-state index in [9.17, 15) is 14.9 Å². The molecule has 1 amide bonds. The van der Waals surface area contributed by atoms with E-state index in [4.69, 9.17) is 5.73 Å². The van der Waals surface area contributed by atoms with Gasteiger partial charge < -0.3 is 10.6 Å². The normalized spacial score (nSPS) is 22.0. The van der Waals surface area contributed by atoms with Crippen molar-refractivity contribution in [2.75, 3.05) is 19.6 Å². The molecule has 1 aromatic carbocycles. The lowest BCUT2D eigenvalue weighted by molar-refractivity contribution is -0.384. The summed E-state index contributed by atoms with van der Waals surface area (Å²) in [6.07, 6.45) is 1.10. The van der Waals surface area contributed by atoms with Crippen LogP contribution in [0.1, 0.15) is 18.9 Å². The molecule has 1 aliphatic rings. The zero-order chi connectivity index (χ0) is 14.8. The van der Waals surface area contributed by atoms with Gasteiger partial charge in [0.25, 0.3) is 5.69 Å². The minimum atomic E-state index is -0.449. The van der Waals surface area contributed by atoms with E-state index in [0.29, 0.717) is 25.2 Å². The molecule has 0 bridgehead atoms. The van der Waals surface area contributed by atoms with Crippen molar-refractivity contribution in [3.8, 4) is 0 Å². The van der Waals surface area contributed by atoms with Crippen LogP contribution >= 0.6 is 0 Å². The summed E-state index contributed by atoms with van der Waals surface area (Å²) >= 11 is 0. The van der Waals surface area contributed by atoms with Crippen LogP contribution in [0.4, 0.5) is 5.69 Å². The fourth-order valence-electron chi connectivity index (χ4n) is 2.47. The Bertz CT molecular complexity index is 532. The standard InChI is InChI=1S/C14H19N3O3/c1-14(9-15)5-6-16(10-14)13(18)8-11-3-2-4-12(7-11)17(19)20/h2-4,7H,5-6,8-10,15H2,1H3. The monoisotopic (exact) mass is 277 g/mol. The predicted molar refractivity (Wildman–Crippen MR) is 75.2 cm³/mol. The molecule has 1 saturated heterocycles. The van der Waals surface area contributed by atoms with E-state index in [1.807, 2.05) is 0 Å². The first-order valence-corrected chi connectivity index (χ1v) is 6.65. The van der Waals surface area contributed by atoms with Crippen molar-refractivity contribution < 1.29 is 9.72 Å². The maximum absolute atomic E-state index is 12.2. The first-order valence-electron chi connectivity index (χ1n) is 6.65. The average Bonchev–Trinajstić information content (AvgIpc) is 2.83. The van der Waals surface area contributed by atoms with Crippen LogP contribution in [0.5, 0.6) is 0 Å². The Morgan fingerprint density at radius 1 is 1.55 bits per heavy atom. The van der Waals surface area contributed by atoms with Crippen molar-refractivity contribution in [3.63, 3.8) is 0 Å². The van der Waals surface area contributed by atoms with Gasteiger partial charge in [0.2, 0.25) is 5.91 Å². The number of carbonyl (C=O) groups is 1. The molecular formula is C14H19N3O3. The number of likely N-dealkylation sites (tertiary alicyclic amines) is 1. The smallest absolute Gasteiger partial charge is 0.269 e. The fourth-order valence-corrected chi connectivity index (χ4v) is 2.47. The number of non-ortho nitro benzene ring substituents is 1. The van der Waals surface area contributed by atoms with Crippen molar-refractivity contribution in [2.24, 2.45) is 11.1 Å². The van der Waals surface area contributed by atoms with Gasteiger partial charge in [-0.05, 0) is 23.9 Å². The summed E-state index contributed by atoms with van der Waals surface area (Å²) in [4.78, 5) is 24.3. The highest BCUT2D eigenvalue weighted by atomic mass is 16.6. The summed E-state index contributed by atoms with van der Waals surface area (Å²) in [6, 6.07) is 6.23. The lowest BCUT2D eigenvalue weighted by atomic mass is 9.90. The van der Waals surface area contributed by atoms with Gasteiger partial charge in [0, 0.05) is 25.2 Å². The van der Waals surface area contributed by atoms with Gasteiger partial charge in [0.1, 0.15) is 0 Å². The number of hydrogen-bond donors (Lipinski definition) is 1. The molecule has 1 heterocycles. The molecule has 2 N–H and O–H groups in total. The molecule has 1 atom stereocenters. The lowest BCUT2D eigenvalue weighted by Gasteiger charge is -2.22. The minimum absolute atomic E-state index is 0.00164. The maximum Gasteiger partial charge on any atom is 0.269 e. The zero-order valence-corrected chi connectivity index (χ0v) is 11.5. The number of hydrogen-bond acceptors (Lipinski definition) is 4. The van der Waals surface area contributed by atoms with Crippen LogP contribution in [0.25, 0.3) is 0 Å². The molecule has 1 aliphatic heterocycles. The molecule has 1 unspecified atom stereocenters. The van der Waals surface area contributed by atoms with Crippen molar-refractivity contribution in [2.45, 2.75) is 19.8 Å². The molecular weight excluding hydrogens is 258 g/mol. The maximum atomic E-state index is 12.2. The molecule has 0 aromatic heterocycles. The van der Waals surface area contributed by atoms with Gasteiger partial charge in [-0.1, -0.05) is 19.1 Å². The van der Waals surface area contributed by atoms with E-state index < -0.39 is 4.92 Å². The van der Waals surface area contributed by atoms with Crippen LogP contribution in [0.15, 0.2) is 24.3 Å². The highest BCUT2D eigenvalue weighted by Gasteiger charge is 2.34. The number of nitro benzene ring substituents is 1. The first kappa shape index (κ1) is 14.5. The molecule has 108 valence electrons. The molecule has 0 spiro atoms. The summed E-state index contributed by atoms with van der Waals surface area (Å²) in [6.45, 7) is 4.01. The number of benzene rings is 1. The Hall–Kier alpha value is -1.95. The van der Waals surface area contributed by atoms with Crippen molar-refractivity contribution >= 4 is 11.6 Å². The molecule has 2 rings (SSSR count). The second-order valence-corrected chi connectivity index (χ2v) is 5.68. The molecule has 0 radical (unpaired) electrons. The Balaban J connectivity index is 2.02. The quantitative estimate of drug-likeness (QED) is 0.664. The van der Waals surface area contributed by atoms with Gasteiger partial charge in [-0.25, -0.2) is 0 Å². The van der Waals surface area contributed by atoms with Crippen LogP contribution in [-0.4, -0.2) is 35.4 Å². The Morgan fingerprint density at radius 2 is 2.30 bits per heavy atom. The largest absolute Gasteiger partial charge is 0.342 e. The molecule has 0 aliphatic carbocycles. The fraction of sp³-hybridized carbons (Fsp3) is 0.500. The summed E-state index contributed by atoms with van der Waals surface area (Å²) in [5, 5.41) is 10.7. The zero-order valence-electron chi connectivity index (χ0n) is 11.5. The number of nitro groups is 1. The Kier molecular flexibility index (Phi) is 4.04. The second kappa shape index (κ2) is 5.58. The second-order valence-electron chi connectivity index (χ2n) is 5.68. The van der Waals surface area contributed by atoms with E-state index in [0.717, 1.165) is 6.42 Å². The van der Waals surface area contributed by atoms with Gasteiger partial charge in [-0.15, -0.1) is 0 Å². The van der Waals surface area contributed by atoms with E-state index in [-0.39, 0.29) is 23.4 Å². The molecule has 6 nitrogen and oxygen atoms in total. The van der Waals surface area contributed by atoms with Crippen LogP contribution in [0.3, 0.4) is 0 Å². The SMILES string of the molecule is CC1(CN)CCN(C(=O)Cc2cccc([N+](=O)[O-])c2)C1. The summed E-state index contributed by atoms with van der Waals surface area (Å²) in [5.74, 6) is 0.00247. The number of amides is 1. The molecule has 0 saturated carbocycles. The highest BCUT2D eigenvalue weighted by Crippen LogP contribution is 2.29. The molecule has 1 fully saturated rings. The van der Waals surface area contributed by atoms with Gasteiger partial charge in [0.15, 0.2) is 0 Å². The average molecular weight is 277 g/mol. The summed E-state index contributed by atoms with van der Waals surface area (Å²) in [7, 11) is 0. The minimum Gasteiger partial charge on any atom is -0.342 e. The molecule has 20 heavy (non-hydrogen) atoms. The van der Waals surface area contributed by atoms with E-state index in [1.165, 1.54) is 12.1 Å². The third kappa shape index (κ3) is 3.14. The van der Waals surface area contributed by atoms with E-state index in [1.54, 1.807) is 17.0 Å². The van der Waals surface area contributed by atoms with Crippen molar-refractivity contribution in [3.05, 3.63) is 39.9 Å². The first-order chi connectivity index (χ1) is 9.43. The molecule has 6 heteroatoms. The topological polar surface area (TPSA) is 89.5 Å². The van der Waals surface area contributed by atoms with Crippen molar-refractivity contribution in [1.29, 1.82) is 0 Å². The van der Waals surface area contributed by atoms with E-state index in [2.05, 4.69) is 6.92 Å². The number of nitrogens with two attached hydrogens (primary N) is 1. The van der Waals surface area contributed by atoms with Crippen LogP contribution in [0.2, 0.25) is 0 Å². The molecule has 1 aromatic rings. The van der Waals surface area contributed by atoms with Gasteiger partial charge in [-0.3, -0.25) is 14.9 Å². The number of rotatable bonds is 4. The van der Waals surface area contributed by atoms with Crippen LogP contribution in [0, 0.1) is 15.5 Å². The van der Waals surface area contributed by atoms with Gasteiger partial charge in [-0.2, -0.15) is 0 Å².